The number of ether oxygens (including phenoxy) is 1. The summed E-state index contributed by atoms with van der Waals surface area (Å²) in [5.74, 6) is 0.247. The predicted octanol–water partition coefficient (Wildman–Crippen LogP) is 3.99. The van der Waals surface area contributed by atoms with E-state index in [-0.39, 0.29) is 12.1 Å². The van der Waals surface area contributed by atoms with Gasteiger partial charge in [0, 0.05) is 6.08 Å². The van der Waals surface area contributed by atoms with Crippen molar-refractivity contribution >= 4 is 50.3 Å². The molecule has 0 saturated carbocycles. The molecule has 4 rings (SSSR count). The molecule has 0 N–H and O–H groups in total. The van der Waals surface area contributed by atoms with Gasteiger partial charge in [-0.1, -0.05) is 29.0 Å². The third-order valence-electron chi connectivity index (χ3n) is 3.69. The van der Waals surface area contributed by atoms with Gasteiger partial charge in [-0.25, -0.2) is 9.78 Å². The summed E-state index contributed by atoms with van der Waals surface area (Å²) in [5.41, 5.74) is 0.820. The molecule has 1 saturated heterocycles. The first-order valence-corrected chi connectivity index (χ1v) is 8.61. The number of carbonyl (C=O) groups excluding carboxylic acids is 1. The van der Waals surface area contributed by atoms with Crippen LogP contribution in [0.1, 0.15) is 5.76 Å². The summed E-state index contributed by atoms with van der Waals surface area (Å²) in [6, 6.07) is 9.28. The fourth-order valence-electron chi connectivity index (χ4n) is 2.45. The largest absolute Gasteiger partial charge is 0.465 e. The highest BCUT2D eigenvalue weighted by Gasteiger charge is 2.31. The quantitative estimate of drug-likeness (QED) is 0.520. The lowest BCUT2D eigenvalue weighted by Crippen LogP contribution is -2.52. The molecule has 1 aliphatic rings. The minimum Gasteiger partial charge on any atom is -0.465 e. The molecule has 3 aromatic rings. The number of esters is 1. The molecule has 1 fully saturated rings. The van der Waals surface area contributed by atoms with Gasteiger partial charge in [-0.3, -0.25) is 0 Å². The van der Waals surface area contributed by atoms with Crippen LogP contribution in [-0.2, 0) is 9.53 Å². The zero-order chi connectivity index (χ0) is 16.5. The molecule has 122 valence electrons. The van der Waals surface area contributed by atoms with Crippen molar-refractivity contribution in [2.24, 2.45) is 0 Å². The van der Waals surface area contributed by atoms with Gasteiger partial charge in [0.2, 0.25) is 0 Å². The lowest BCUT2D eigenvalue weighted by molar-refractivity contribution is -0.143. The maximum atomic E-state index is 11.8. The maximum Gasteiger partial charge on any atom is 0.331 e. The highest BCUT2D eigenvalue weighted by atomic mass is 35.5. The van der Waals surface area contributed by atoms with Gasteiger partial charge in [-0.15, -0.1) is 0 Å². The van der Waals surface area contributed by atoms with Gasteiger partial charge in [0.15, 0.2) is 5.13 Å². The molecule has 3 heterocycles. The Morgan fingerprint density at radius 2 is 2.25 bits per heavy atom. The fraction of sp³-hybridized carbons (Fsp3) is 0.176. The van der Waals surface area contributed by atoms with Gasteiger partial charge in [-0.2, -0.15) is 0 Å². The average Bonchev–Trinajstić information content (AvgIpc) is 3.18. The molecule has 0 radical (unpaired) electrons. The highest BCUT2D eigenvalue weighted by Crippen LogP contribution is 2.34. The second-order valence-corrected chi connectivity index (χ2v) is 6.81. The van der Waals surface area contributed by atoms with E-state index >= 15 is 0 Å². The SMILES string of the molecule is O=C(C=Cc1ccco1)OC1CN(c2nc3c(Cl)cccc3s2)C1. The molecule has 1 aromatic carbocycles. The molecule has 0 bridgehead atoms. The molecule has 24 heavy (non-hydrogen) atoms. The number of halogens is 1. The van der Waals surface area contributed by atoms with Crippen molar-refractivity contribution in [3.05, 3.63) is 53.5 Å². The summed E-state index contributed by atoms with van der Waals surface area (Å²) in [7, 11) is 0. The Bertz CT molecular complexity index is 898. The molecule has 5 nitrogen and oxygen atoms in total. The number of hydrogen-bond acceptors (Lipinski definition) is 6. The summed E-state index contributed by atoms with van der Waals surface area (Å²) in [6.07, 6.45) is 4.40. The Kier molecular flexibility index (Phi) is 4.00. The third-order valence-corrected chi connectivity index (χ3v) is 5.07. The lowest BCUT2D eigenvalue weighted by Gasteiger charge is -2.37. The van der Waals surface area contributed by atoms with Crippen LogP contribution in [0.2, 0.25) is 5.02 Å². The van der Waals surface area contributed by atoms with Crippen LogP contribution in [0.25, 0.3) is 16.3 Å². The van der Waals surface area contributed by atoms with Crippen LogP contribution in [0.15, 0.2) is 47.1 Å². The Morgan fingerprint density at radius 1 is 1.38 bits per heavy atom. The number of benzene rings is 1. The van der Waals surface area contributed by atoms with Crippen LogP contribution in [-0.4, -0.2) is 30.1 Å². The van der Waals surface area contributed by atoms with E-state index in [1.807, 2.05) is 18.2 Å². The zero-order valence-electron chi connectivity index (χ0n) is 12.5. The van der Waals surface area contributed by atoms with Crippen molar-refractivity contribution in [2.45, 2.75) is 6.10 Å². The minimum absolute atomic E-state index is 0.124. The molecule has 7 heteroatoms. The molecule has 0 atom stereocenters. The monoisotopic (exact) mass is 360 g/mol. The lowest BCUT2D eigenvalue weighted by atomic mass is 10.2. The molecular formula is C17H13ClN2O3S. The smallest absolute Gasteiger partial charge is 0.331 e. The van der Waals surface area contributed by atoms with Crippen LogP contribution in [0.5, 0.6) is 0 Å². The first kappa shape index (κ1) is 15.2. The third kappa shape index (κ3) is 3.02. The zero-order valence-corrected chi connectivity index (χ0v) is 14.1. The van der Waals surface area contributed by atoms with E-state index < -0.39 is 0 Å². The molecule has 0 unspecified atom stereocenters. The number of nitrogens with zero attached hydrogens (tertiary/aromatic N) is 2. The summed E-state index contributed by atoms with van der Waals surface area (Å²) in [5, 5.41) is 1.55. The van der Waals surface area contributed by atoms with Crippen molar-refractivity contribution in [1.29, 1.82) is 0 Å². The summed E-state index contributed by atoms with van der Waals surface area (Å²) in [4.78, 5) is 18.4. The van der Waals surface area contributed by atoms with Crippen LogP contribution in [0.3, 0.4) is 0 Å². The average molecular weight is 361 g/mol. The summed E-state index contributed by atoms with van der Waals surface area (Å²) >= 11 is 7.74. The van der Waals surface area contributed by atoms with Crippen molar-refractivity contribution < 1.29 is 13.9 Å². The van der Waals surface area contributed by atoms with Gasteiger partial charge in [-0.05, 0) is 30.3 Å². The molecule has 0 aliphatic carbocycles. The van der Waals surface area contributed by atoms with Gasteiger partial charge < -0.3 is 14.1 Å². The molecule has 2 aromatic heterocycles. The van der Waals surface area contributed by atoms with Gasteiger partial charge in [0.25, 0.3) is 0 Å². The van der Waals surface area contributed by atoms with E-state index in [2.05, 4.69) is 9.88 Å². The van der Waals surface area contributed by atoms with Gasteiger partial charge in [0.05, 0.1) is 29.1 Å². The van der Waals surface area contributed by atoms with E-state index in [1.54, 1.807) is 35.8 Å². The van der Waals surface area contributed by atoms with Crippen LogP contribution < -0.4 is 4.90 Å². The highest BCUT2D eigenvalue weighted by molar-refractivity contribution is 7.22. The van der Waals surface area contributed by atoms with Gasteiger partial charge in [0.1, 0.15) is 17.4 Å². The second-order valence-electron chi connectivity index (χ2n) is 5.40. The number of hydrogen-bond donors (Lipinski definition) is 0. The number of para-hydroxylation sites is 1. The standard InChI is InChI=1S/C17H13ClN2O3S/c18-13-4-1-5-14-16(13)19-17(24-14)20-9-12(10-20)23-15(21)7-6-11-3-2-8-22-11/h1-8,12H,9-10H2. The fourth-order valence-corrected chi connectivity index (χ4v) is 3.73. The van der Waals surface area contributed by atoms with Crippen LogP contribution in [0, 0.1) is 0 Å². The molecule has 0 amide bonds. The van der Waals surface area contributed by atoms with Crippen molar-refractivity contribution in [1.82, 2.24) is 4.98 Å². The van der Waals surface area contributed by atoms with Crippen molar-refractivity contribution in [2.75, 3.05) is 18.0 Å². The summed E-state index contributed by atoms with van der Waals surface area (Å²) in [6.45, 7) is 1.27. The number of aromatic nitrogens is 1. The normalized spacial score (nSPS) is 15.1. The van der Waals surface area contributed by atoms with Crippen LogP contribution >= 0.6 is 22.9 Å². The summed E-state index contributed by atoms with van der Waals surface area (Å²) < 4.78 is 11.6. The number of anilines is 1. The number of carbonyl (C=O) groups is 1. The second kappa shape index (κ2) is 6.30. The molecular weight excluding hydrogens is 348 g/mol. The van der Waals surface area contributed by atoms with Crippen LogP contribution in [0.4, 0.5) is 5.13 Å². The van der Waals surface area contributed by atoms with E-state index in [0.717, 1.165) is 15.3 Å². The first-order chi connectivity index (χ1) is 11.7. The maximum absolute atomic E-state index is 11.8. The number of fused-ring (bicyclic) bond motifs is 1. The number of rotatable bonds is 4. The predicted molar refractivity (Wildman–Crippen MR) is 94.5 cm³/mol. The van der Waals surface area contributed by atoms with E-state index in [1.165, 1.54) is 6.08 Å². The van der Waals surface area contributed by atoms with Crippen molar-refractivity contribution in [3.8, 4) is 0 Å². The van der Waals surface area contributed by atoms with E-state index in [9.17, 15) is 4.79 Å². The Labute approximate surface area is 147 Å². The number of furan rings is 1. The Morgan fingerprint density at radius 3 is 3.00 bits per heavy atom. The Hall–Kier alpha value is -2.31. The van der Waals surface area contributed by atoms with E-state index in [0.29, 0.717) is 23.9 Å². The minimum atomic E-state index is -0.372. The van der Waals surface area contributed by atoms with Crippen molar-refractivity contribution in [3.63, 3.8) is 0 Å². The Balaban J connectivity index is 1.34. The first-order valence-electron chi connectivity index (χ1n) is 7.41. The molecule has 1 aliphatic heterocycles. The topological polar surface area (TPSA) is 55.6 Å². The van der Waals surface area contributed by atoms with E-state index in [4.69, 9.17) is 20.8 Å². The molecule has 0 spiro atoms. The number of thiazole rings is 1. The van der Waals surface area contributed by atoms with Gasteiger partial charge >= 0.3 is 5.97 Å².